The Hall–Kier alpha value is -3.21. The predicted octanol–water partition coefficient (Wildman–Crippen LogP) is 2.66. The van der Waals surface area contributed by atoms with Crippen molar-refractivity contribution in [3.8, 4) is 0 Å². The number of fused-ring (bicyclic) bond motifs is 1. The van der Waals surface area contributed by atoms with Crippen LogP contribution >= 0.6 is 0 Å². The van der Waals surface area contributed by atoms with Gasteiger partial charge in [-0.3, -0.25) is 9.79 Å². The van der Waals surface area contributed by atoms with Gasteiger partial charge in [-0.2, -0.15) is 0 Å². The summed E-state index contributed by atoms with van der Waals surface area (Å²) in [5.41, 5.74) is 4.09. The number of aliphatic imine (C=N–C) groups is 1. The van der Waals surface area contributed by atoms with E-state index in [1.807, 2.05) is 31.2 Å². The maximum absolute atomic E-state index is 12.9. The van der Waals surface area contributed by atoms with E-state index in [1.54, 1.807) is 23.1 Å². The Labute approximate surface area is 163 Å². The van der Waals surface area contributed by atoms with Crippen LogP contribution in [-0.4, -0.2) is 42.2 Å². The number of amides is 1. The number of hydrogen-bond donors (Lipinski definition) is 2. The Kier molecular flexibility index (Phi) is 4.82. The molecule has 0 radical (unpaired) electrons. The normalized spacial score (nSPS) is 19.9. The van der Waals surface area contributed by atoms with Gasteiger partial charge in [0.15, 0.2) is 11.8 Å². The van der Waals surface area contributed by atoms with Crippen molar-refractivity contribution in [2.45, 2.75) is 25.7 Å². The molecule has 2 heterocycles. The van der Waals surface area contributed by atoms with Crippen molar-refractivity contribution in [1.82, 2.24) is 0 Å². The molecule has 2 aliphatic rings. The Morgan fingerprint density at radius 1 is 1.32 bits per heavy atom. The number of carbonyl (C=O) groups excluding carboxylic acids is 1. The molecular formula is C21H20N4O3. The van der Waals surface area contributed by atoms with Gasteiger partial charge in [-0.1, -0.05) is 23.8 Å². The zero-order chi connectivity index (χ0) is 19.7. The minimum atomic E-state index is -1.20. The monoisotopic (exact) mass is 376 g/mol. The summed E-state index contributed by atoms with van der Waals surface area (Å²) in [5.74, 6) is 0.00780. The first-order valence-corrected chi connectivity index (χ1v) is 9.06. The number of aryl methyl sites for hydroxylation is 1. The van der Waals surface area contributed by atoms with E-state index in [2.05, 4.69) is 15.2 Å². The Morgan fingerprint density at radius 3 is 2.86 bits per heavy atom. The fraction of sp³-hybridized carbons (Fsp3) is 0.286. The fourth-order valence-corrected chi connectivity index (χ4v) is 3.37. The van der Waals surface area contributed by atoms with E-state index in [4.69, 9.17) is 11.3 Å². The first-order valence-electron chi connectivity index (χ1n) is 9.06. The van der Waals surface area contributed by atoms with Crippen LogP contribution in [0.2, 0.25) is 0 Å². The van der Waals surface area contributed by atoms with Crippen LogP contribution in [0.1, 0.15) is 11.1 Å². The van der Waals surface area contributed by atoms with Crippen LogP contribution in [0, 0.1) is 13.5 Å². The molecule has 0 aliphatic carbocycles. The third kappa shape index (κ3) is 3.36. The molecule has 2 aromatic rings. The van der Waals surface area contributed by atoms with Crippen molar-refractivity contribution in [3.05, 3.63) is 65.0 Å². The molecule has 0 spiro atoms. The van der Waals surface area contributed by atoms with Gasteiger partial charge in [-0.05, 0) is 36.8 Å². The number of rotatable bonds is 3. The summed E-state index contributed by atoms with van der Waals surface area (Å²) < 4.78 is 5.60. The minimum Gasteiger partial charge on any atom is -0.382 e. The summed E-state index contributed by atoms with van der Waals surface area (Å²) in [7, 11) is 0. The van der Waals surface area contributed by atoms with E-state index in [-0.39, 0.29) is 5.91 Å². The lowest BCUT2D eigenvalue weighted by Gasteiger charge is -2.35. The van der Waals surface area contributed by atoms with Crippen LogP contribution in [0.3, 0.4) is 0 Å². The van der Waals surface area contributed by atoms with Crippen LogP contribution in [0.4, 0.5) is 17.1 Å². The molecule has 2 atom stereocenters. The molecule has 0 bridgehead atoms. The number of carbonyl (C=O) groups is 1. The molecule has 2 N–H and O–H groups in total. The zero-order valence-electron chi connectivity index (χ0n) is 15.4. The van der Waals surface area contributed by atoms with E-state index in [9.17, 15) is 9.90 Å². The number of morpholine rings is 1. The van der Waals surface area contributed by atoms with Gasteiger partial charge in [-0.25, -0.2) is 4.85 Å². The van der Waals surface area contributed by atoms with E-state index >= 15 is 0 Å². The van der Waals surface area contributed by atoms with Gasteiger partial charge in [0.2, 0.25) is 0 Å². The summed E-state index contributed by atoms with van der Waals surface area (Å²) in [6.45, 7) is 10.2. The van der Waals surface area contributed by atoms with Crippen molar-refractivity contribution < 1.29 is 14.6 Å². The lowest BCUT2D eigenvalue weighted by molar-refractivity contribution is -0.139. The molecule has 0 aromatic heterocycles. The topological polar surface area (TPSA) is 78.5 Å². The lowest BCUT2D eigenvalue weighted by Crippen LogP contribution is -2.55. The highest BCUT2D eigenvalue weighted by Crippen LogP contribution is 2.28. The van der Waals surface area contributed by atoms with Gasteiger partial charge in [0, 0.05) is 17.9 Å². The molecule has 0 unspecified atom stereocenters. The zero-order valence-corrected chi connectivity index (χ0v) is 15.4. The number of nitrogens with one attached hydrogen (secondary N) is 1. The molecule has 7 heteroatoms. The predicted molar refractivity (Wildman–Crippen MR) is 107 cm³/mol. The first-order chi connectivity index (χ1) is 13.6. The maximum atomic E-state index is 12.9. The molecule has 28 heavy (non-hydrogen) atoms. The molecule has 7 nitrogen and oxygen atoms in total. The van der Waals surface area contributed by atoms with Gasteiger partial charge in [-0.15, -0.1) is 0 Å². The number of anilines is 2. The average molecular weight is 376 g/mol. The summed E-state index contributed by atoms with van der Waals surface area (Å²) in [4.78, 5) is 22.4. The highest BCUT2D eigenvalue weighted by Gasteiger charge is 2.39. The van der Waals surface area contributed by atoms with Gasteiger partial charge in [0.05, 0.1) is 19.7 Å². The van der Waals surface area contributed by atoms with E-state index in [1.165, 1.54) is 0 Å². The average Bonchev–Trinajstić information content (AvgIpc) is 2.73. The summed E-state index contributed by atoms with van der Waals surface area (Å²) in [6, 6.07) is 12.9. The molecule has 2 aliphatic heterocycles. The van der Waals surface area contributed by atoms with Crippen molar-refractivity contribution in [1.29, 1.82) is 0 Å². The second-order valence-corrected chi connectivity index (χ2v) is 6.84. The van der Waals surface area contributed by atoms with Crippen LogP contribution < -0.4 is 10.2 Å². The number of nitrogens with zero attached hydrogens (tertiary/aromatic N) is 3. The molecule has 1 amide bonds. The van der Waals surface area contributed by atoms with Crippen LogP contribution in [0.25, 0.3) is 4.85 Å². The van der Waals surface area contributed by atoms with Crippen molar-refractivity contribution in [3.63, 3.8) is 0 Å². The van der Waals surface area contributed by atoms with Crippen LogP contribution in [0.5, 0.6) is 0 Å². The molecule has 0 saturated carbocycles. The largest absolute Gasteiger partial charge is 0.382 e. The number of aliphatic hydroxyl groups excluding tert-OH is 1. The van der Waals surface area contributed by atoms with Gasteiger partial charge < -0.3 is 20.1 Å². The Balaban J connectivity index is 1.52. The quantitative estimate of drug-likeness (QED) is 0.808. The number of ether oxygens (including phenoxy) is 1. The second-order valence-electron chi connectivity index (χ2n) is 6.84. The molecule has 1 saturated heterocycles. The maximum Gasteiger partial charge on any atom is 0.259 e. The van der Waals surface area contributed by atoms with E-state index in [0.29, 0.717) is 31.2 Å². The van der Waals surface area contributed by atoms with E-state index < -0.39 is 12.2 Å². The number of benzene rings is 2. The minimum absolute atomic E-state index is 0.291. The Bertz CT molecular complexity index is 978. The molecule has 4 rings (SSSR count). The first kappa shape index (κ1) is 18.2. The van der Waals surface area contributed by atoms with Crippen molar-refractivity contribution >= 4 is 28.8 Å². The molecule has 1 fully saturated rings. The van der Waals surface area contributed by atoms with Crippen LogP contribution in [-0.2, 0) is 16.1 Å². The van der Waals surface area contributed by atoms with Gasteiger partial charge >= 0.3 is 0 Å². The third-order valence-corrected chi connectivity index (χ3v) is 4.93. The Morgan fingerprint density at radius 2 is 2.11 bits per heavy atom. The SMILES string of the molecule is [C-]#[N+]c1ccc2c(c1)CN=C([C@H](O)[C@H]1OCCN(c3ccc(C)cc3)C1=O)N2. The smallest absolute Gasteiger partial charge is 0.259 e. The number of hydrogen-bond acceptors (Lipinski definition) is 5. The highest BCUT2D eigenvalue weighted by molar-refractivity contribution is 6.06. The van der Waals surface area contributed by atoms with Crippen LogP contribution in [0.15, 0.2) is 47.5 Å². The third-order valence-electron chi connectivity index (χ3n) is 4.93. The fourth-order valence-electron chi connectivity index (χ4n) is 3.37. The number of amidine groups is 1. The standard InChI is InChI=1S/C21H20N4O3/c1-13-3-6-16(7-4-13)25-9-10-28-19(21(25)27)18(26)20-23-12-14-11-15(22-2)5-8-17(14)24-20/h3-8,11,18-19,26H,9-10,12H2,1H3,(H,23,24)/t18-,19-/m1/s1. The number of aliphatic hydroxyl groups is 1. The lowest BCUT2D eigenvalue weighted by atomic mass is 10.1. The summed E-state index contributed by atoms with van der Waals surface area (Å²) in [5, 5.41) is 13.9. The van der Waals surface area contributed by atoms with Crippen molar-refractivity contribution in [2.75, 3.05) is 23.4 Å². The summed E-state index contributed by atoms with van der Waals surface area (Å²) in [6.07, 6.45) is -2.22. The highest BCUT2D eigenvalue weighted by atomic mass is 16.5. The van der Waals surface area contributed by atoms with Gasteiger partial charge in [0.1, 0.15) is 11.9 Å². The molecular weight excluding hydrogens is 356 g/mol. The van der Waals surface area contributed by atoms with Gasteiger partial charge in [0.25, 0.3) is 5.91 Å². The second kappa shape index (κ2) is 7.43. The van der Waals surface area contributed by atoms with Crippen molar-refractivity contribution in [2.24, 2.45) is 4.99 Å². The molecule has 142 valence electrons. The van der Waals surface area contributed by atoms with E-state index in [0.717, 1.165) is 22.5 Å². The molecule has 2 aromatic carbocycles. The summed E-state index contributed by atoms with van der Waals surface area (Å²) >= 11 is 0.